The number of furan rings is 1. The second-order valence-corrected chi connectivity index (χ2v) is 4.93. The normalized spacial score (nSPS) is 15.6. The van der Waals surface area contributed by atoms with Crippen LogP contribution in [0.5, 0.6) is 0 Å². The van der Waals surface area contributed by atoms with Crippen LogP contribution >= 0.6 is 0 Å². The van der Waals surface area contributed by atoms with E-state index in [0.717, 1.165) is 0 Å². The van der Waals surface area contributed by atoms with Crippen LogP contribution in [0.3, 0.4) is 0 Å². The van der Waals surface area contributed by atoms with Gasteiger partial charge in [0, 0.05) is 23.3 Å². The lowest BCUT2D eigenvalue weighted by molar-refractivity contribution is -0.385. The number of nitrogens with zero attached hydrogens (tertiary/aromatic N) is 1. The molecule has 0 bridgehead atoms. The van der Waals surface area contributed by atoms with Crippen LogP contribution < -0.4 is 10.6 Å². The Kier molecular flexibility index (Phi) is 3.41. The van der Waals surface area contributed by atoms with Gasteiger partial charge in [0.2, 0.25) is 0 Å². The summed E-state index contributed by atoms with van der Waals surface area (Å²) in [7, 11) is 0. The summed E-state index contributed by atoms with van der Waals surface area (Å²) in [6, 6.07) is 7.42. The molecular formula is C15H11N3O5. The Bertz CT molecular complexity index is 866. The molecule has 3 rings (SSSR count). The molecule has 3 amide bonds. The van der Waals surface area contributed by atoms with Gasteiger partial charge in [-0.15, -0.1) is 0 Å². The molecular weight excluding hydrogens is 302 g/mol. The quantitative estimate of drug-likeness (QED) is 0.390. The molecule has 116 valence electrons. The Morgan fingerprint density at radius 1 is 1.17 bits per heavy atom. The summed E-state index contributed by atoms with van der Waals surface area (Å²) in [6.07, 6.45) is 1.38. The number of hydrogen-bond donors (Lipinski definition) is 2. The third-order valence-corrected chi connectivity index (χ3v) is 3.32. The summed E-state index contributed by atoms with van der Waals surface area (Å²) in [6.45, 7) is 1.65. The van der Waals surface area contributed by atoms with Crippen LogP contribution in [-0.2, 0) is 4.79 Å². The largest absolute Gasteiger partial charge is 0.457 e. The maximum Gasteiger partial charge on any atom is 0.326 e. The van der Waals surface area contributed by atoms with Crippen molar-refractivity contribution in [2.24, 2.45) is 0 Å². The van der Waals surface area contributed by atoms with Crippen molar-refractivity contribution >= 4 is 23.7 Å². The molecule has 1 aliphatic rings. The van der Waals surface area contributed by atoms with E-state index >= 15 is 0 Å². The highest BCUT2D eigenvalue weighted by atomic mass is 16.6. The minimum atomic E-state index is -0.595. The van der Waals surface area contributed by atoms with Crippen LogP contribution in [0.25, 0.3) is 17.4 Å². The third kappa shape index (κ3) is 2.82. The number of rotatable bonds is 3. The van der Waals surface area contributed by atoms with E-state index in [4.69, 9.17) is 4.42 Å². The fraction of sp³-hybridized carbons (Fsp3) is 0.0667. The molecule has 1 aromatic heterocycles. The van der Waals surface area contributed by atoms with Gasteiger partial charge in [-0.3, -0.25) is 20.2 Å². The maximum atomic E-state index is 11.4. The average molecular weight is 313 g/mol. The van der Waals surface area contributed by atoms with E-state index < -0.39 is 16.9 Å². The number of carbonyl (C=O) groups is 2. The molecule has 2 heterocycles. The van der Waals surface area contributed by atoms with Crippen LogP contribution in [-0.4, -0.2) is 16.9 Å². The fourth-order valence-electron chi connectivity index (χ4n) is 2.17. The van der Waals surface area contributed by atoms with Crippen LogP contribution in [0.2, 0.25) is 0 Å². The van der Waals surface area contributed by atoms with Crippen molar-refractivity contribution in [1.29, 1.82) is 0 Å². The topological polar surface area (TPSA) is 114 Å². The number of nitrogens with one attached hydrogen (secondary N) is 2. The molecule has 0 aliphatic carbocycles. The number of benzene rings is 1. The van der Waals surface area contributed by atoms with Gasteiger partial charge in [0.25, 0.3) is 11.6 Å². The first-order valence-electron chi connectivity index (χ1n) is 6.63. The minimum absolute atomic E-state index is 0.00115. The van der Waals surface area contributed by atoms with Gasteiger partial charge >= 0.3 is 6.03 Å². The van der Waals surface area contributed by atoms with Crippen LogP contribution in [0, 0.1) is 17.0 Å². The van der Waals surface area contributed by atoms with E-state index in [2.05, 4.69) is 10.6 Å². The zero-order chi connectivity index (χ0) is 16.6. The number of amides is 3. The molecule has 1 saturated heterocycles. The lowest BCUT2D eigenvalue weighted by Gasteiger charge is -2.00. The molecule has 8 nitrogen and oxygen atoms in total. The first-order valence-corrected chi connectivity index (χ1v) is 6.63. The van der Waals surface area contributed by atoms with E-state index in [1.54, 1.807) is 31.2 Å². The average Bonchev–Trinajstić information content (AvgIpc) is 3.06. The summed E-state index contributed by atoms with van der Waals surface area (Å²) in [5.74, 6) is 0.221. The molecule has 0 saturated carbocycles. The SMILES string of the molecule is Cc1ccc(-c2ccc(C=C3NC(=O)NC3=O)o2)cc1[N+](=O)[O-]. The number of urea groups is 1. The minimum Gasteiger partial charge on any atom is -0.457 e. The van der Waals surface area contributed by atoms with Gasteiger partial charge in [0.15, 0.2) is 0 Å². The Balaban J connectivity index is 1.92. The molecule has 8 heteroatoms. The second kappa shape index (κ2) is 5.41. The second-order valence-electron chi connectivity index (χ2n) is 4.93. The van der Waals surface area contributed by atoms with Crippen molar-refractivity contribution in [2.45, 2.75) is 6.92 Å². The number of carbonyl (C=O) groups excluding carboxylic acids is 2. The van der Waals surface area contributed by atoms with E-state index in [1.165, 1.54) is 12.1 Å². The summed E-state index contributed by atoms with van der Waals surface area (Å²) >= 11 is 0. The first kappa shape index (κ1) is 14.5. The van der Waals surface area contributed by atoms with Gasteiger partial charge in [-0.25, -0.2) is 4.79 Å². The lowest BCUT2D eigenvalue weighted by atomic mass is 10.1. The Labute approximate surface area is 129 Å². The fourth-order valence-corrected chi connectivity index (χ4v) is 2.17. The van der Waals surface area contributed by atoms with E-state index in [0.29, 0.717) is 22.6 Å². The predicted molar refractivity (Wildman–Crippen MR) is 80.2 cm³/mol. The van der Waals surface area contributed by atoms with Crippen molar-refractivity contribution in [3.63, 3.8) is 0 Å². The zero-order valence-electron chi connectivity index (χ0n) is 12.0. The summed E-state index contributed by atoms with van der Waals surface area (Å²) < 4.78 is 5.56. The number of aryl methyl sites for hydroxylation is 1. The van der Waals surface area contributed by atoms with Gasteiger partial charge in [0.1, 0.15) is 17.2 Å². The van der Waals surface area contributed by atoms with Gasteiger partial charge < -0.3 is 9.73 Å². The zero-order valence-corrected chi connectivity index (χ0v) is 12.0. The molecule has 0 unspecified atom stereocenters. The van der Waals surface area contributed by atoms with Gasteiger partial charge in [-0.1, -0.05) is 12.1 Å². The number of hydrogen-bond acceptors (Lipinski definition) is 5. The highest BCUT2D eigenvalue weighted by molar-refractivity contribution is 6.13. The van der Waals surface area contributed by atoms with Crippen molar-refractivity contribution in [3.05, 3.63) is 57.5 Å². The number of nitro groups is 1. The van der Waals surface area contributed by atoms with Crippen LogP contribution in [0.4, 0.5) is 10.5 Å². The van der Waals surface area contributed by atoms with Gasteiger partial charge in [-0.2, -0.15) is 0 Å². The highest BCUT2D eigenvalue weighted by Crippen LogP contribution is 2.28. The van der Waals surface area contributed by atoms with Gasteiger partial charge in [0.05, 0.1) is 4.92 Å². The molecule has 2 N–H and O–H groups in total. The lowest BCUT2D eigenvalue weighted by Crippen LogP contribution is -2.22. The Morgan fingerprint density at radius 2 is 1.96 bits per heavy atom. The molecule has 0 atom stereocenters. The monoisotopic (exact) mass is 313 g/mol. The standard InChI is InChI=1S/C15H11N3O5/c1-8-2-3-9(6-12(8)18(21)22)13-5-4-10(23-13)7-11-14(19)17-15(20)16-11/h2-7H,1H3,(H2,16,17,19,20). The van der Waals surface area contributed by atoms with Gasteiger partial charge in [-0.05, 0) is 19.1 Å². The first-order chi connectivity index (χ1) is 10.9. The molecule has 2 aromatic rings. The van der Waals surface area contributed by atoms with E-state index in [1.807, 2.05) is 0 Å². The van der Waals surface area contributed by atoms with Crippen molar-refractivity contribution in [2.75, 3.05) is 0 Å². The van der Waals surface area contributed by atoms with Crippen LogP contribution in [0.15, 0.2) is 40.4 Å². The van der Waals surface area contributed by atoms with E-state index in [-0.39, 0.29) is 11.4 Å². The third-order valence-electron chi connectivity index (χ3n) is 3.32. The number of imide groups is 1. The van der Waals surface area contributed by atoms with Crippen molar-refractivity contribution < 1.29 is 18.9 Å². The predicted octanol–water partition coefficient (Wildman–Crippen LogP) is 2.34. The smallest absolute Gasteiger partial charge is 0.326 e. The molecule has 1 aromatic carbocycles. The maximum absolute atomic E-state index is 11.4. The molecule has 0 radical (unpaired) electrons. The molecule has 23 heavy (non-hydrogen) atoms. The summed E-state index contributed by atoms with van der Waals surface area (Å²) in [5, 5.41) is 15.4. The summed E-state index contributed by atoms with van der Waals surface area (Å²) in [4.78, 5) is 33.0. The molecule has 1 fully saturated rings. The van der Waals surface area contributed by atoms with Crippen molar-refractivity contribution in [3.8, 4) is 11.3 Å². The van der Waals surface area contributed by atoms with Crippen LogP contribution in [0.1, 0.15) is 11.3 Å². The Hall–Kier alpha value is -3.42. The highest BCUT2D eigenvalue weighted by Gasteiger charge is 2.23. The Morgan fingerprint density at radius 3 is 2.61 bits per heavy atom. The molecule has 0 spiro atoms. The van der Waals surface area contributed by atoms with Crippen molar-refractivity contribution in [1.82, 2.24) is 10.6 Å². The molecule has 1 aliphatic heterocycles. The number of nitro benzene ring substituents is 1. The summed E-state index contributed by atoms with van der Waals surface area (Å²) in [5.41, 5.74) is 1.18. The van der Waals surface area contributed by atoms with E-state index in [9.17, 15) is 19.7 Å².